The Hall–Kier alpha value is -2.43. The Labute approximate surface area is 227 Å². The van der Waals surface area contributed by atoms with Crippen molar-refractivity contribution in [3.05, 3.63) is 63.8 Å². The molecule has 0 spiro atoms. The van der Waals surface area contributed by atoms with Crippen LogP contribution in [-0.2, 0) is 21.4 Å². The Morgan fingerprint density at radius 2 is 2.00 bits per heavy atom. The number of carbonyl (C=O) groups excluding carboxylic acids is 1. The lowest BCUT2D eigenvalue weighted by Gasteiger charge is -2.24. The third-order valence-corrected chi connectivity index (χ3v) is 9.21. The number of sulfonamides is 1. The zero-order valence-electron chi connectivity index (χ0n) is 20.5. The minimum Gasteiger partial charge on any atom is -0.489 e. The van der Waals surface area contributed by atoms with E-state index >= 15 is 0 Å². The van der Waals surface area contributed by atoms with Crippen molar-refractivity contribution in [2.24, 2.45) is 5.73 Å². The number of rotatable bonds is 10. The number of aromatic nitrogens is 1. The largest absolute Gasteiger partial charge is 0.489 e. The number of ether oxygens (including phenoxy) is 1. The van der Waals surface area contributed by atoms with Gasteiger partial charge in [0.1, 0.15) is 23.3 Å². The maximum absolute atomic E-state index is 13.6. The quantitative estimate of drug-likeness (QED) is 0.352. The molecule has 1 atom stereocenters. The van der Waals surface area contributed by atoms with Gasteiger partial charge in [-0.2, -0.15) is 4.31 Å². The van der Waals surface area contributed by atoms with Gasteiger partial charge in [-0.1, -0.05) is 29.3 Å². The maximum Gasteiger partial charge on any atom is 0.245 e. The Balaban J connectivity index is 1.53. The van der Waals surface area contributed by atoms with E-state index in [4.69, 9.17) is 33.7 Å². The molecular formula is C26H30Cl2N4O4S. The SMILES string of the molecule is Cc1ccc2cc(OCc3c(Cl)ccc(S(=O)(=O)N4CCC[C@H]4C(=O)NCCCCN)c3Cl)ccc2n1. The van der Waals surface area contributed by atoms with E-state index in [0.717, 1.165) is 29.4 Å². The number of pyridine rings is 1. The number of nitrogens with two attached hydrogens (primary N) is 1. The summed E-state index contributed by atoms with van der Waals surface area (Å²) in [6.07, 6.45) is 2.55. The topological polar surface area (TPSA) is 115 Å². The van der Waals surface area contributed by atoms with Gasteiger partial charge in [0, 0.05) is 34.8 Å². The average molecular weight is 566 g/mol. The van der Waals surface area contributed by atoms with Crippen LogP contribution in [0.2, 0.25) is 10.0 Å². The number of aryl methyl sites for hydroxylation is 1. The van der Waals surface area contributed by atoms with E-state index in [-0.39, 0.29) is 34.0 Å². The maximum atomic E-state index is 13.6. The highest BCUT2D eigenvalue weighted by molar-refractivity contribution is 7.89. The molecule has 1 amide bonds. The summed E-state index contributed by atoms with van der Waals surface area (Å²) < 4.78 is 34.4. The number of unbranched alkanes of at least 4 members (excludes halogenated alkanes) is 1. The predicted octanol–water partition coefficient (Wildman–Crippen LogP) is 4.44. The first-order valence-corrected chi connectivity index (χ1v) is 14.4. The zero-order chi connectivity index (χ0) is 26.6. The molecule has 0 aliphatic carbocycles. The summed E-state index contributed by atoms with van der Waals surface area (Å²) in [5, 5.41) is 4.01. The molecule has 0 unspecified atom stereocenters. The van der Waals surface area contributed by atoms with Gasteiger partial charge in [0.2, 0.25) is 15.9 Å². The van der Waals surface area contributed by atoms with E-state index in [2.05, 4.69) is 10.3 Å². The molecule has 198 valence electrons. The van der Waals surface area contributed by atoms with Crippen LogP contribution in [-0.4, -0.2) is 49.3 Å². The van der Waals surface area contributed by atoms with Crippen LogP contribution in [0.1, 0.15) is 36.9 Å². The van der Waals surface area contributed by atoms with Gasteiger partial charge >= 0.3 is 0 Å². The third kappa shape index (κ3) is 6.18. The number of benzene rings is 2. The van der Waals surface area contributed by atoms with Crippen molar-refractivity contribution in [2.45, 2.75) is 50.2 Å². The molecule has 3 aromatic rings. The Morgan fingerprint density at radius 1 is 1.19 bits per heavy atom. The fourth-order valence-electron chi connectivity index (χ4n) is 4.37. The highest BCUT2D eigenvalue weighted by Crippen LogP contribution is 2.36. The van der Waals surface area contributed by atoms with E-state index < -0.39 is 16.1 Å². The number of hydrogen-bond acceptors (Lipinski definition) is 6. The van der Waals surface area contributed by atoms with Crippen LogP contribution in [0.25, 0.3) is 10.9 Å². The molecule has 11 heteroatoms. The predicted molar refractivity (Wildman–Crippen MR) is 145 cm³/mol. The molecule has 37 heavy (non-hydrogen) atoms. The van der Waals surface area contributed by atoms with E-state index in [1.54, 1.807) is 6.07 Å². The lowest BCUT2D eigenvalue weighted by molar-refractivity contribution is -0.124. The van der Waals surface area contributed by atoms with Gasteiger partial charge in [0.15, 0.2) is 0 Å². The Morgan fingerprint density at radius 3 is 2.78 bits per heavy atom. The second kappa shape index (κ2) is 12.0. The number of halogens is 2. The van der Waals surface area contributed by atoms with Crippen molar-refractivity contribution in [3.63, 3.8) is 0 Å². The molecule has 1 aliphatic heterocycles. The van der Waals surface area contributed by atoms with Gasteiger partial charge in [-0.15, -0.1) is 0 Å². The van der Waals surface area contributed by atoms with Gasteiger partial charge in [-0.05, 0) is 75.5 Å². The molecule has 1 aromatic heterocycles. The summed E-state index contributed by atoms with van der Waals surface area (Å²) in [7, 11) is -4.06. The van der Waals surface area contributed by atoms with Crippen molar-refractivity contribution in [1.29, 1.82) is 0 Å². The van der Waals surface area contributed by atoms with Crippen LogP contribution < -0.4 is 15.8 Å². The molecule has 0 radical (unpaired) electrons. The van der Waals surface area contributed by atoms with Crippen molar-refractivity contribution in [1.82, 2.24) is 14.6 Å². The van der Waals surface area contributed by atoms with E-state index in [0.29, 0.717) is 37.2 Å². The van der Waals surface area contributed by atoms with Crippen LogP contribution in [0.3, 0.4) is 0 Å². The standard InChI is InChI=1S/C26H30Cl2N4O4S/c1-17-6-7-18-15-19(8-10-22(18)31-17)36-16-20-21(27)9-11-24(25(20)28)37(34,35)32-14-4-5-23(32)26(33)30-13-3-2-12-29/h6-11,15,23H,2-5,12-14,16,29H2,1H3,(H,30,33)/t23-/m0/s1. The Kier molecular flexibility index (Phi) is 8.92. The first kappa shape index (κ1) is 27.6. The van der Waals surface area contributed by atoms with Crippen molar-refractivity contribution in [3.8, 4) is 5.75 Å². The third-order valence-electron chi connectivity index (χ3n) is 6.36. The summed E-state index contributed by atoms with van der Waals surface area (Å²) in [4.78, 5) is 17.1. The van der Waals surface area contributed by atoms with Gasteiger partial charge in [-0.3, -0.25) is 9.78 Å². The lowest BCUT2D eigenvalue weighted by Crippen LogP contribution is -2.46. The molecule has 4 rings (SSSR count). The molecule has 3 N–H and O–H groups in total. The number of carbonyl (C=O) groups is 1. The van der Waals surface area contributed by atoms with Gasteiger partial charge < -0.3 is 15.8 Å². The van der Waals surface area contributed by atoms with E-state index in [9.17, 15) is 13.2 Å². The van der Waals surface area contributed by atoms with Crippen LogP contribution >= 0.6 is 23.2 Å². The van der Waals surface area contributed by atoms with Crippen molar-refractivity contribution in [2.75, 3.05) is 19.6 Å². The molecule has 2 heterocycles. The number of nitrogens with one attached hydrogen (secondary N) is 1. The molecule has 2 aromatic carbocycles. The van der Waals surface area contributed by atoms with Gasteiger partial charge in [-0.25, -0.2) is 8.42 Å². The zero-order valence-corrected chi connectivity index (χ0v) is 22.9. The lowest BCUT2D eigenvalue weighted by atomic mass is 10.2. The number of fused-ring (bicyclic) bond motifs is 1. The number of hydrogen-bond donors (Lipinski definition) is 2. The Bertz CT molecular complexity index is 1400. The van der Waals surface area contributed by atoms with Gasteiger partial charge in [0.25, 0.3) is 0 Å². The van der Waals surface area contributed by atoms with E-state index in [1.807, 2.05) is 31.2 Å². The monoisotopic (exact) mass is 564 g/mol. The molecule has 1 saturated heterocycles. The molecule has 1 aliphatic rings. The highest BCUT2D eigenvalue weighted by Gasteiger charge is 2.40. The molecule has 1 fully saturated rings. The first-order chi connectivity index (χ1) is 17.7. The second-order valence-electron chi connectivity index (χ2n) is 8.99. The van der Waals surface area contributed by atoms with Crippen LogP contribution in [0.15, 0.2) is 47.4 Å². The first-order valence-electron chi connectivity index (χ1n) is 12.2. The summed E-state index contributed by atoms with van der Waals surface area (Å²) in [5.74, 6) is 0.261. The van der Waals surface area contributed by atoms with E-state index in [1.165, 1.54) is 16.4 Å². The van der Waals surface area contributed by atoms with Crippen LogP contribution in [0.5, 0.6) is 5.75 Å². The van der Waals surface area contributed by atoms with Gasteiger partial charge in [0.05, 0.1) is 10.5 Å². The summed E-state index contributed by atoms with van der Waals surface area (Å²) >= 11 is 13.0. The van der Waals surface area contributed by atoms with Crippen LogP contribution in [0, 0.1) is 6.92 Å². The number of amides is 1. The minimum absolute atomic E-state index is 0.0143. The summed E-state index contributed by atoms with van der Waals surface area (Å²) in [6, 6.07) is 11.5. The molecular weight excluding hydrogens is 535 g/mol. The summed E-state index contributed by atoms with van der Waals surface area (Å²) in [5.41, 5.74) is 7.62. The minimum atomic E-state index is -4.06. The summed E-state index contributed by atoms with van der Waals surface area (Å²) in [6.45, 7) is 3.12. The van der Waals surface area contributed by atoms with Crippen LogP contribution in [0.4, 0.5) is 0 Å². The van der Waals surface area contributed by atoms with Crippen molar-refractivity contribution < 1.29 is 17.9 Å². The molecule has 0 saturated carbocycles. The second-order valence-corrected chi connectivity index (χ2v) is 11.6. The number of nitrogens with zero attached hydrogens (tertiary/aromatic N) is 2. The fraction of sp³-hybridized carbons (Fsp3) is 0.385. The fourth-order valence-corrected chi connectivity index (χ4v) is 6.89. The molecule has 0 bridgehead atoms. The average Bonchev–Trinajstić information content (AvgIpc) is 3.37. The molecule has 8 nitrogen and oxygen atoms in total. The van der Waals surface area contributed by atoms with Crippen molar-refractivity contribution >= 4 is 50.0 Å². The highest BCUT2D eigenvalue weighted by atomic mass is 35.5. The smallest absolute Gasteiger partial charge is 0.245 e. The normalized spacial score (nSPS) is 16.3.